The first kappa shape index (κ1) is 19.0. The Bertz CT molecular complexity index is 822. The van der Waals surface area contributed by atoms with E-state index >= 15 is 0 Å². The molecule has 0 saturated carbocycles. The Labute approximate surface area is 161 Å². The minimum atomic E-state index is -0.263. The lowest BCUT2D eigenvalue weighted by Gasteiger charge is -2.37. The molecule has 0 aromatic heterocycles. The van der Waals surface area contributed by atoms with E-state index in [-0.39, 0.29) is 18.2 Å². The molecule has 2 aromatic carbocycles. The molecule has 1 N–H and O–H groups in total. The second kappa shape index (κ2) is 8.25. The molecule has 0 unspecified atom stereocenters. The molecule has 2 amide bonds. The maximum absolute atomic E-state index is 12.5. The van der Waals surface area contributed by atoms with Crippen molar-refractivity contribution in [2.24, 2.45) is 0 Å². The van der Waals surface area contributed by atoms with Crippen molar-refractivity contribution in [3.05, 3.63) is 59.2 Å². The molecule has 0 bridgehead atoms. The molecule has 5 heteroatoms. The molecule has 0 spiro atoms. The van der Waals surface area contributed by atoms with Crippen LogP contribution in [-0.4, -0.2) is 42.9 Å². The topological polar surface area (TPSA) is 52.7 Å². The average molecular weight is 365 g/mol. The quantitative estimate of drug-likeness (QED) is 0.846. The summed E-state index contributed by atoms with van der Waals surface area (Å²) in [5, 5.41) is 2.79. The van der Waals surface area contributed by atoms with Crippen molar-refractivity contribution in [3.63, 3.8) is 0 Å². The zero-order valence-corrected chi connectivity index (χ0v) is 16.3. The SMILES string of the molecule is Cc1ccc(NC(=O)CC(=O)N2CCN(c3cccc(C)c3C)CC2)cc1. The van der Waals surface area contributed by atoms with E-state index in [1.165, 1.54) is 16.8 Å². The lowest BCUT2D eigenvalue weighted by molar-refractivity contribution is -0.134. The predicted octanol–water partition coefficient (Wildman–Crippen LogP) is 3.29. The predicted molar refractivity (Wildman–Crippen MR) is 109 cm³/mol. The number of carbonyl (C=O) groups excluding carboxylic acids is 2. The molecular formula is C22H27N3O2. The zero-order chi connectivity index (χ0) is 19.4. The van der Waals surface area contributed by atoms with E-state index in [0.717, 1.165) is 24.3 Å². The van der Waals surface area contributed by atoms with Gasteiger partial charge in [-0.3, -0.25) is 9.59 Å². The van der Waals surface area contributed by atoms with Crippen LogP contribution < -0.4 is 10.2 Å². The summed E-state index contributed by atoms with van der Waals surface area (Å²) in [6.07, 6.45) is -0.114. The number of rotatable bonds is 4. The number of nitrogens with zero attached hydrogens (tertiary/aromatic N) is 2. The van der Waals surface area contributed by atoms with Gasteiger partial charge >= 0.3 is 0 Å². The van der Waals surface area contributed by atoms with Crippen LogP contribution in [0.5, 0.6) is 0 Å². The Morgan fingerprint density at radius 2 is 1.59 bits per heavy atom. The molecule has 1 aliphatic rings. The van der Waals surface area contributed by atoms with E-state index in [9.17, 15) is 9.59 Å². The number of anilines is 2. The summed E-state index contributed by atoms with van der Waals surface area (Å²) in [5.41, 5.74) is 5.65. The van der Waals surface area contributed by atoms with Gasteiger partial charge in [-0.25, -0.2) is 0 Å². The summed E-state index contributed by atoms with van der Waals surface area (Å²) < 4.78 is 0. The summed E-state index contributed by atoms with van der Waals surface area (Å²) in [5.74, 6) is -0.374. The molecule has 3 rings (SSSR count). The van der Waals surface area contributed by atoms with Gasteiger partial charge in [0.1, 0.15) is 6.42 Å². The Kier molecular flexibility index (Phi) is 5.79. The summed E-state index contributed by atoms with van der Waals surface area (Å²) in [6, 6.07) is 13.9. The zero-order valence-electron chi connectivity index (χ0n) is 16.3. The number of aryl methyl sites for hydroxylation is 2. The third kappa shape index (κ3) is 4.67. The molecule has 1 saturated heterocycles. The summed E-state index contributed by atoms with van der Waals surface area (Å²) in [7, 11) is 0. The van der Waals surface area contributed by atoms with Gasteiger partial charge in [0, 0.05) is 37.6 Å². The van der Waals surface area contributed by atoms with Crippen molar-refractivity contribution in [1.82, 2.24) is 4.90 Å². The van der Waals surface area contributed by atoms with Crippen molar-refractivity contribution >= 4 is 23.2 Å². The van der Waals surface area contributed by atoms with Gasteiger partial charge in [-0.1, -0.05) is 29.8 Å². The first-order chi connectivity index (χ1) is 12.9. The number of piperazine rings is 1. The Balaban J connectivity index is 1.51. The standard InChI is InChI=1S/C22H27N3O2/c1-16-7-9-19(10-8-16)23-21(26)15-22(27)25-13-11-24(12-14-25)20-6-4-5-17(2)18(20)3/h4-10H,11-15H2,1-3H3,(H,23,26). The van der Waals surface area contributed by atoms with Crippen LogP contribution in [-0.2, 0) is 9.59 Å². The summed E-state index contributed by atoms with van der Waals surface area (Å²) in [4.78, 5) is 28.7. The van der Waals surface area contributed by atoms with E-state index in [0.29, 0.717) is 13.1 Å². The summed E-state index contributed by atoms with van der Waals surface area (Å²) in [6.45, 7) is 9.11. The van der Waals surface area contributed by atoms with Crippen molar-refractivity contribution in [1.29, 1.82) is 0 Å². The fourth-order valence-electron chi connectivity index (χ4n) is 3.37. The maximum atomic E-state index is 12.5. The number of carbonyl (C=O) groups is 2. The van der Waals surface area contributed by atoms with E-state index < -0.39 is 0 Å². The van der Waals surface area contributed by atoms with Crippen molar-refractivity contribution in [2.75, 3.05) is 36.4 Å². The molecule has 0 aliphatic carbocycles. The fourth-order valence-corrected chi connectivity index (χ4v) is 3.37. The molecular weight excluding hydrogens is 338 g/mol. The van der Waals surface area contributed by atoms with Crippen molar-refractivity contribution in [3.8, 4) is 0 Å². The van der Waals surface area contributed by atoms with Crippen LogP contribution >= 0.6 is 0 Å². The van der Waals surface area contributed by atoms with Crippen LogP contribution in [0, 0.1) is 20.8 Å². The first-order valence-electron chi connectivity index (χ1n) is 9.39. The number of nitrogens with one attached hydrogen (secondary N) is 1. The first-order valence-corrected chi connectivity index (χ1v) is 9.39. The second-order valence-electron chi connectivity index (χ2n) is 7.18. The molecule has 142 valence electrons. The molecule has 1 aliphatic heterocycles. The maximum Gasteiger partial charge on any atom is 0.233 e. The Morgan fingerprint density at radius 1 is 0.926 bits per heavy atom. The molecule has 0 radical (unpaired) electrons. The number of hydrogen-bond donors (Lipinski definition) is 1. The Morgan fingerprint density at radius 3 is 2.26 bits per heavy atom. The minimum Gasteiger partial charge on any atom is -0.368 e. The van der Waals surface area contributed by atoms with Crippen molar-refractivity contribution in [2.45, 2.75) is 27.2 Å². The van der Waals surface area contributed by atoms with Gasteiger partial charge in [0.05, 0.1) is 0 Å². The fraction of sp³-hybridized carbons (Fsp3) is 0.364. The van der Waals surface area contributed by atoms with Gasteiger partial charge in [-0.05, 0) is 50.1 Å². The van der Waals surface area contributed by atoms with Gasteiger partial charge in [0.15, 0.2) is 0 Å². The highest BCUT2D eigenvalue weighted by atomic mass is 16.2. The molecule has 0 atom stereocenters. The van der Waals surface area contributed by atoms with E-state index in [1.54, 1.807) is 4.90 Å². The van der Waals surface area contributed by atoms with Gasteiger partial charge < -0.3 is 15.1 Å². The third-order valence-corrected chi connectivity index (χ3v) is 5.20. The highest BCUT2D eigenvalue weighted by Gasteiger charge is 2.23. The molecule has 1 heterocycles. The second-order valence-corrected chi connectivity index (χ2v) is 7.18. The van der Waals surface area contributed by atoms with Crippen LogP contribution in [0.2, 0.25) is 0 Å². The largest absolute Gasteiger partial charge is 0.368 e. The van der Waals surface area contributed by atoms with Crippen LogP contribution in [0.1, 0.15) is 23.1 Å². The number of amides is 2. The van der Waals surface area contributed by atoms with E-state index in [2.05, 4.69) is 42.3 Å². The number of hydrogen-bond acceptors (Lipinski definition) is 3. The minimum absolute atomic E-state index is 0.111. The van der Waals surface area contributed by atoms with E-state index in [1.807, 2.05) is 31.2 Å². The van der Waals surface area contributed by atoms with E-state index in [4.69, 9.17) is 0 Å². The molecule has 27 heavy (non-hydrogen) atoms. The monoisotopic (exact) mass is 365 g/mol. The third-order valence-electron chi connectivity index (χ3n) is 5.20. The normalized spacial score (nSPS) is 14.2. The van der Waals surface area contributed by atoms with Crippen molar-refractivity contribution < 1.29 is 9.59 Å². The van der Waals surface area contributed by atoms with Crippen LogP contribution in [0.3, 0.4) is 0 Å². The average Bonchev–Trinajstić information content (AvgIpc) is 2.66. The Hall–Kier alpha value is -2.82. The molecule has 5 nitrogen and oxygen atoms in total. The molecule has 2 aromatic rings. The van der Waals surface area contributed by atoms with Gasteiger partial charge in [0.25, 0.3) is 0 Å². The van der Waals surface area contributed by atoms with Gasteiger partial charge in [-0.2, -0.15) is 0 Å². The van der Waals surface area contributed by atoms with Crippen LogP contribution in [0.4, 0.5) is 11.4 Å². The highest BCUT2D eigenvalue weighted by molar-refractivity contribution is 6.03. The van der Waals surface area contributed by atoms with Crippen LogP contribution in [0.15, 0.2) is 42.5 Å². The summed E-state index contributed by atoms with van der Waals surface area (Å²) >= 11 is 0. The molecule has 1 fully saturated rings. The lowest BCUT2D eigenvalue weighted by atomic mass is 10.1. The lowest BCUT2D eigenvalue weighted by Crippen LogP contribution is -2.49. The van der Waals surface area contributed by atoms with Gasteiger partial charge in [-0.15, -0.1) is 0 Å². The van der Waals surface area contributed by atoms with Crippen LogP contribution in [0.25, 0.3) is 0 Å². The smallest absolute Gasteiger partial charge is 0.233 e. The number of benzene rings is 2. The highest BCUT2D eigenvalue weighted by Crippen LogP contribution is 2.24. The van der Waals surface area contributed by atoms with Gasteiger partial charge in [0.2, 0.25) is 11.8 Å².